The van der Waals surface area contributed by atoms with Crippen LogP contribution in [0.5, 0.6) is 0 Å². The van der Waals surface area contributed by atoms with Crippen molar-refractivity contribution < 1.29 is 19.0 Å². The Kier molecular flexibility index (Phi) is 5.52. The first-order valence-electron chi connectivity index (χ1n) is 8.14. The summed E-state index contributed by atoms with van der Waals surface area (Å²) in [5.74, 6) is -0.120. The smallest absolute Gasteiger partial charge is 0.414 e. The number of nitrogens with zero attached hydrogens (tertiary/aromatic N) is 6. The van der Waals surface area contributed by atoms with Crippen molar-refractivity contribution in [2.75, 3.05) is 18.1 Å². The maximum atomic E-state index is 14.6. The second-order valence-electron chi connectivity index (χ2n) is 6.00. The lowest BCUT2D eigenvalue weighted by Crippen LogP contribution is -2.25. The van der Waals surface area contributed by atoms with Crippen molar-refractivity contribution in [2.45, 2.75) is 6.10 Å². The van der Waals surface area contributed by atoms with E-state index < -0.39 is 18.0 Å². The van der Waals surface area contributed by atoms with Gasteiger partial charge in [-0.3, -0.25) is 9.88 Å². The minimum Gasteiger partial charge on any atom is -0.441 e. The number of hydrogen-bond acceptors (Lipinski definition) is 7. The molecule has 3 aromatic rings. The number of hydrogen-bond donors (Lipinski definition) is 1. The lowest BCUT2D eigenvalue weighted by Gasteiger charge is -2.14. The number of tetrazole rings is 1. The fraction of sp³-hybridized carbons (Fsp3) is 0.235. The predicted molar refractivity (Wildman–Crippen MR) is 99.4 cm³/mol. The number of ether oxygens (including phenoxy) is 1. The summed E-state index contributed by atoms with van der Waals surface area (Å²) in [4.78, 5) is 18.7. The van der Waals surface area contributed by atoms with Crippen molar-refractivity contribution in [2.24, 2.45) is 7.05 Å². The number of aryl methyl sites for hydroxylation is 1. The number of cyclic esters (lactones) is 1. The van der Waals surface area contributed by atoms with Crippen LogP contribution in [0.3, 0.4) is 0 Å². The van der Waals surface area contributed by atoms with Gasteiger partial charge < -0.3 is 9.84 Å². The molecule has 146 valence electrons. The number of rotatable bonds is 4. The molecule has 9 nitrogen and oxygen atoms in total. The Labute approximate surface area is 165 Å². The van der Waals surface area contributed by atoms with Gasteiger partial charge in [-0.15, -0.1) is 22.6 Å². The molecule has 0 radical (unpaired) electrons. The van der Waals surface area contributed by atoms with Gasteiger partial charge in [-0.05, 0) is 29.5 Å². The van der Waals surface area contributed by atoms with Crippen molar-refractivity contribution in [1.82, 2.24) is 25.2 Å². The van der Waals surface area contributed by atoms with Crippen molar-refractivity contribution in [3.05, 3.63) is 42.3 Å². The van der Waals surface area contributed by atoms with Gasteiger partial charge >= 0.3 is 6.09 Å². The van der Waals surface area contributed by atoms with Gasteiger partial charge in [0.15, 0.2) is 0 Å². The number of anilines is 1. The normalized spacial score (nSPS) is 16.0. The van der Waals surface area contributed by atoms with E-state index in [1.54, 1.807) is 31.3 Å². The second-order valence-corrected chi connectivity index (χ2v) is 6.00. The SMILES string of the molecule is Cl.Cn1nnc(-c2ccc(-c3ccc(N4C[C@H](CO)OC4=O)cc3F)cn2)n1. The summed E-state index contributed by atoms with van der Waals surface area (Å²) in [5, 5.41) is 20.8. The lowest BCUT2D eigenvalue weighted by atomic mass is 10.1. The topological polar surface area (TPSA) is 106 Å². The Hall–Kier alpha value is -3.11. The molecular weight excluding hydrogens is 391 g/mol. The zero-order valence-corrected chi connectivity index (χ0v) is 15.5. The molecule has 0 aliphatic carbocycles. The summed E-state index contributed by atoms with van der Waals surface area (Å²) in [6, 6.07) is 7.85. The molecule has 1 amide bonds. The summed E-state index contributed by atoms with van der Waals surface area (Å²) in [5.41, 5.74) is 1.81. The molecule has 1 aliphatic heterocycles. The van der Waals surface area contributed by atoms with Crippen LogP contribution < -0.4 is 4.90 Å². The molecule has 0 spiro atoms. The van der Waals surface area contributed by atoms with Crippen molar-refractivity contribution in [3.63, 3.8) is 0 Å². The molecular formula is C17H16ClFN6O3. The number of halogens is 2. The van der Waals surface area contributed by atoms with Crippen LogP contribution in [0.2, 0.25) is 0 Å². The molecule has 1 aromatic carbocycles. The monoisotopic (exact) mass is 406 g/mol. The quantitative estimate of drug-likeness (QED) is 0.704. The minimum atomic E-state index is -0.608. The number of aromatic nitrogens is 5. The van der Waals surface area contributed by atoms with E-state index in [4.69, 9.17) is 9.84 Å². The fourth-order valence-electron chi connectivity index (χ4n) is 2.81. The van der Waals surface area contributed by atoms with Crippen LogP contribution in [-0.2, 0) is 11.8 Å². The second kappa shape index (κ2) is 7.87. The average Bonchev–Trinajstić information content (AvgIpc) is 3.27. The number of aliphatic hydroxyl groups is 1. The molecule has 0 unspecified atom stereocenters. The number of amides is 1. The standard InChI is InChI=1S/C17H15FN6O3.ClH/c1-23-21-16(20-22-23)15-5-2-10(7-19-15)13-4-3-11(6-14(13)18)24-8-12(9-25)27-17(24)26;/h2-7,12,25H,8-9H2,1H3;1H/t12-;/m1./s1. The van der Waals surface area contributed by atoms with E-state index in [0.717, 1.165) is 0 Å². The number of pyridine rings is 1. The highest BCUT2D eigenvalue weighted by atomic mass is 35.5. The van der Waals surface area contributed by atoms with E-state index in [1.807, 2.05) is 0 Å². The van der Waals surface area contributed by atoms with Gasteiger partial charge in [-0.2, -0.15) is 4.80 Å². The molecule has 0 bridgehead atoms. The van der Waals surface area contributed by atoms with Gasteiger partial charge in [0.1, 0.15) is 17.6 Å². The van der Waals surface area contributed by atoms with Crippen molar-refractivity contribution in [3.8, 4) is 22.6 Å². The number of benzene rings is 1. The maximum absolute atomic E-state index is 14.6. The third kappa shape index (κ3) is 3.64. The van der Waals surface area contributed by atoms with Gasteiger partial charge in [0.2, 0.25) is 5.82 Å². The van der Waals surface area contributed by atoms with Crippen LogP contribution >= 0.6 is 12.4 Å². The molecule has 1 saturated heterocycles. The van der Waals surface area contributed by atoms with Crippen LogP contribution in [0.1, 0.15) is 0 Å². The zero-order valence-electron chi connectivity index (χ0n) is 14.7. The maximum Gasteiger partial charge on any atom is 0.414 e. The first kappa shape index (κ1) is 19.6. The van der Waals surface area contributed by atoms with Gasteiger partial charge in [-0.1, -0.05) is 6.07 Å². The highest BCUT2D eigenvalue weighted by molar-refractivity contribution is 5.90. The molecule has 2 aromatic heterocycles. The van der Waals surface area contributed by atoms with Crippen molar-refractivity contribution in [1.29, 1.82) is 0 Å². The number of aliphatic hydroxyl groups excluding tert-OH is 1. The molecule has 1 atom stereocenters. The fourth-order valence-corrected chi connectivity index (χ4v) is 2.81. The van der Waals surface area contributed by atoms with E-state index >= 15 is 0 Å². The largest absolute Gasteiger partial charge is 0.441 e. The molecule has 28 heavy (non-hydrogen) atoms. The molecule has 0 saturated carbocycles. The third-order valence-electron chi connectivity index (χ3n) is 4.15. The summed E-state index contributed by atoms with van der Waals surface area (Å²) < 4.78 is 19.6. The Balaban J connectivity index is 0.00000225. The predicted octanol–water partition coefficient (Wildman–Crippen LogP) is 1.82. The first-order chi connectivity index (χ1) is 13.0. The van der Waals surface area contributed by atoms with E-state index in [1.165, 1.54) is 22.0 Å². The lowest BCUT2D eigenvalue weighted by molar-refractivity contribution is 0.0963. The average molecular weight is 407 g/mol. The van der Waals surface area contributed by atoms with Crippen molar-refractivity contribution >= 4 is 24.2 Å². The van der Waals surface area contributed by atoms with Gasteiger partial charge in [-0.25, -0.2) is 9.18 Å². The van der Waals surface area contributed by atoms with Crippen LogP contribution in [0.15, 0.2) is 36.5 Å². The summed E-state index contributed by atoms with van der Waals surface area (Å²) in [7, 11) is 1.65. The molecule has 1 N–H and O–H groups in total. The van der Waals surface area contributed by atoms with Gasteiger partial charge in [0, 0.05) is 17.3 Å². The number of carbonyl (C=O) groups is 1. The highest BCUT2D eigenvalue weighted by Gasteiger charge is 2.32. The Bertz CT molecular complexity index is 997. The van der Waals surface area contributed by atoms with Crippen LogP contribution in [0.25, 0.3) is 22.6 Å². The Morgan fingerprint density at radius 1 is 1.32 bits per heavy atom. The Morgan fingerprint density at radius 3 is 2.71 bits per heavy atom. The zero-order chi connectivity index (χ0) is 19.0. The Morgan fingerprint density at radius 2 is 2.14 bits per heavy atom. The first-order valence-corrected chi connectivity index (χ1v) is 8.14. The number of carbonyl (C=O) groups excluding carboxylic acids is 1. The van der Waals surface area contributed by atoms with E-state index in [9.17, 15) is 9.18 Å². The third-order valence-corrected chi connectivity index (χ3v) is 4.15. The molecule has 1 aliphatic rings. The summed E-state index contributed by atoms with van der Waals surface area (Å²) in [6.07, 6.45) is 0.311. The van der Waals surface area contributed by atoms with Crippen LogP contribution in [-0.4, -0.2) is 55.6 Å². The van der Waals surface area contributed by atoms with Gasteiger partial charge in [0.05, 0.1) is 25.9 Å². The summed E-state index contributed by atoms with van der Waals surface area (Å²) in [6.45, 7) is -0.100. The molecule has 4 rings (SSSR count). The van der Waals surface area contributed by atoms with E-state index in [2.05, 4.69) is 20.4 Å². The molecule has 1 fully saturated rings. The van der Waals surface area contributed by atoms with Crippen LogP contribution in [0.4, 0.5) is 14.9 Å². The molecule has 3 heterocycles. The highest BCUT2D eigenvalue weighted by Crippen LogP contribution is 2.29. The molecule has 11 heteroatoms. The van der Waals surface area contributed by atoms with Gasteiger partial charge in [0.25, 0.3) is 0 Å². The minimum absolute atomic E-state index is 0. The van der Waals surface area contributed by atoms with E-state index in [-0.39, 0.29) is 25.6 Å². The van der Waals surface area contributed by atoms with E-state index in [0.29, 0.717) is 28.3 Å². The summed E-state index contributed by atoms with van der Waals surface area (Å²) >= 11 is 0. The van der Waals surface area contributed by atoms with Crippen LogP contribution in [0, 0.1) is 5.82 Å².